The molecular formula is C42H24N4S4. The van der Waals surface area contributed by atoms with Crippen LogP contribution in [0.1, 0.15) is 0 Å². The van der Waals surface area contributed by atoms with Crippen LogP contribution in [0.5, 0.6) is 0 Å². The minimum Gasteiger partial charge on any atom is -0.235 e. The summed E-state index contributed by atoms with van der Waals surface area (Å²) in [7, 11) is 0. The molecule has 0 atom stereocenters. The lowest BCUT2D eigenvalue weighted by Gasteiger charge is -2.05. The fraction of sp³-hybridized carbons (Fsp3) is 0. The minimum atomic E-state index is 0.740. The van der Waals surface area contributed by atoms with Crippen molar-refractivity contribution < 1.29 is 0 Å². The van der Waals surface area contributed by atoms with Gasteiger partial charge in [0.25, 0.3) is 0 Å². The van der Waals surface area contributed by atoms with Crippen LogP contribution in [0, 0.1) is 0 Å². The molecule has 0 radical (unpaired) electrons. The average Bonchev–Trinajstić information content (AvgIpc) is 3.98. The van der Waals surface area contributed by atoms with E-state index in [2.05, 4.69) is 120 Å². The van der Waals surface area contributed by atoms with Crippen molar-refractivity contribution in [3.05, 3.63) is 145 Å². The molecule has 0 N–H and O–H groups in total. The predicted octanol–water partition coefficient (Wildman–Crippen LogP) is 13.0. The zero-order chi connectivity index (χ0) is 33.0. The van der Waals surface area contributed by atoms with Gasteiger partial charge in [0.05, 0.1) is 9.75 Å². The SMILES string of the molecule is c1ccc2c(-c3ccc(-c4cnc(-c5cc6sc(-c7ncc(-c8ccc(-c9csc%10ccccc9%10)cc8)cn7)cc6s5)nc4)cc3)csc2c1. The van der Waals surface area contributed by atoms with Crippen molar-refractivity contribution in [3.63, 3.8) is 0 Å². The Bertz CT molecular complexity index is 2570. The Morgan fingerprint density at radius 2 is 0.740 bits per heavy atom. The summed E-state index contributed by atoms with van der Waals surface area (Å²) in [5.41, 5.74) is 9.20. The summed E-state index contributed by atoms with van der Waals surface area (Å²) in [6.45, 7) is 0. The molecule has 0 spiro atoms. The second kappa shape index (κ2) is 12.2. The molecule has 0 saturated carbocycles. The minimum absolute atomic E-state index is 0.740. The van der Waals surface area contributed by atoms with Crippen LogP contribution in [0.3, 0.4) is 0 Å². The second-order valence-corrected chi connectivity index (χ2v) is 16.0. The van der Waals surface area contributed by atoms with Gasteiger partial charge in [0.1, 0.15) is 0 Å². The molecule has 6 heterocycles. The monoisotopic (exact) mass is 712 g/mol. The second-order valence-electron chi connectivity index (χ2n) is 12.0. The first-order valence-corrected chi connectivity index (χ1v) is 19.4. The molecule has 0 saturated heterocycles. The van der Waals surface area contributed by atoms with E-state index in [9.17, 15) is 0 Å². The van der Waals surface area contributed by atoms with Crippen LogP contribution in [0.15, 0.2) is 145 Å². The number of nitrogens with zero attached hydrogens (tertiary/aromatic N) is 4. The Hall–Kier alpha value is -5.38. The standard InChI is InChI=1S/C42H24N4S4/c1-3-7-35-31(5-1)33(23-47-35)27-13-9-25(10-14-27)29-19-43-41(44-20-29)39-17-37-38(49-39)18-40(50-37)42-45-21-30(22-46-42)26-11-15-28(16-12-26)34-24-48-36-8-4-2-6-32(34)36/h1-24H. The van der Waals surface area contributed by atoms with Gasteiger partial charge in [-0.2, -0.15) is 0 Å². The van der Waals surface area contributed by atoms with Crippen molar-refractivity contribution in [2.24, 2.45) is 0 Å². The Balaban J connectivity index is 0.839. The Morgan fingerprint density at radius 1 is 0.360 bits per heavy atom. The van der Waals surface area contributed by atoms with Crippen molar-refractivity contribution in [1.82, 2.24) is 19.9 Å². The van der Waals surface area contributed by atoms with E-state index in [0.717, 1.165) is 43.7 Å². The van der Waals surface area contributed by atoms with E-state index in [0.29, 0.717) is 0 Å². The highest BCUT2D eigenvalue weighted by Gasteiger charge is 2.14. The first kappa shape index (κ1) is 29.5. The Morgan fingerprint density at radius 3 is 1.16 bits per heavy atom. The van der Waals surface area contributed by atoms with Gasteiger partial charge in [-0.15, -0.1) is 45.3 Å². The summed E-state index contributed by atoms with van der Waals surface area (Å²) in [5, 5.41) is 7.08. The molecule has 0 amide bonds. The lowest BCUT2D eigenvalue weighted by molar-refractivity contribution is 1.19. The van der Waals surface area contributed by atoms with Crippen LogP contribution in [-0.4, -0.2) is 19.9 Å². The molecule has 6 aromatic heterocycles. The Labute approximate surface area is 303 Å². The summed E-state index contributed by atoms with van der Waals surface area (Å²) in [4.78, 5) is 21.1. The van der Waals surface area contributed by atoms with E-state index in [-0.39, 0.29) is 0 Å². The van der Waals surface area contributed by atoms with Crippen LogP contribution in [0.4, 0.5) is 0 Å². The summed E-state index contributed by atoms with van der Waals surface area (Å²) < 4.78 is 5.00. The summed E-state index contributed by atoms with van der Waals surface area (Å²) in [6, 6.07) is 38.8. The molecule has 4 aromatic carbocycles. The maximum atomic E-state index is 4.75. The van der Waals surface area contributed by atoms with Gasteiger partial charge in [-0.3, -0.25) is 0 Å². The molecule has 50 heavy (non-hydrogen) atoms. The van der Waals surface area contributed by atoms with Crippen LogP contribution in [0.25, 0.3) is 95.5 Å². The fourth-order valence-electron chi connectivity index (χ4n) is 6.35. The molecule has 0 unspecified atom stereocenters. The summed E-state index contributed by atoms with van der Waals surface area (Å²) >= 11 is 6.97. The maximum absolute atomic E-state index is 4.75. The molecule has 236 valence electrons. The van der Waals surface area contributed by atoms with Gasteiger partial charge in [-0.1, -0.05) is 84.9 Å². The highest BCUT2D eigenvalue weighted by Crippen LogP contribution is 2.41. The third kappa shape index (κ3) is 5.25. The number of hydrogen-bond acceptors (Lipinski definition) is 8. The van der Waals surface area contributed by atoms with Gasteiger partial charge in [-0.25, -0.2) is 19.9 Å². The third-order valence-electron chi connectivity index (χ3n) is 8.97. The molecule has 0 fully saturated rings. The average molecular weight is 713 g/mol. The predicted molar refractivity (Wildman–Crippen MR) is 214 cm³/mol. The molecule has 10 aromatic rings. The van der Waals surface area contributed by atoms with E-state index in [1.54, 1.807) is 45.3 Å². The summed E-state index contributed by atoms with van der Waals surface area (Å²) in [5.74, 6) is 1.48. The number of hydrogen-bond donors (Lipinski definition) is 0. The van der Waals surface area contributed by atoms with Gasteiger partial charge in [0.2, 0.25) is 0 Å². The zero-order valence-corrected chi connectivity index (χ0v) is 29.5. The van der Waals surface area contributed by atoms with Gasteiger partial charge >= 0.3 is 0 Å². The van der Waals surface area contributed by atoms with Gasteiger partial charge in [-0.05, 0) is 57.3 Å². The van der Waals surface area contributed by atoms with Crippen molar-refractivity contribution in [2.75, 3.05) is 0 Å². The van der Waals surface area contributed by atoms with Gasteiger partial charge in [0, 0.05) is 76.6 Å². The zero-order valence-electron chi connectivity index (χ0n) is 26.3. The maximum Gasteiger partial charge on any atom is 0.169 e. The molecule has 0 aliphatic heterocycles. The first-order chi connectivity index (χ1) is 24.7. The largest absolute Gasteiger partial charge is 0.235 e. The van der Waals surface area contributed by atoms with Crippen LogP contribution < -0.4 is 0 Å². The highest BCUT2D eigenvalue weighted by molar-refractivity contribution is 7.31. The van der Waals surface area contributed by atoms with Crippen LogP contribution in [0.2, 0.25) is 0 Å². The molecule has 0 aliphatic carbocycles. The van der Waals surface area contributed by atoms with Crippen molar-refractivity contribution in [3.8, 4) is 65.9 Å². The van der Waals surface area contributed by atoms with E-state index in [1.807, 2.05) is 24.8 Å². The summed E-state index contributed by atoms with van der Waals surface area (Å²) in [6.07, 6.45) is 7.68. The van der Waals surface area contributed by atoms with Gasteiger partial charge in [0.15, 0.2) is 11.6 Å². The molecular weight excluding hydrogens is 689 g/mol. The van der Waals surface area contributed by atoms with Crippen molar-refractivity contribution in [2.45, 2.75) is 0 Å². The smallest absolute Gasteiger partial charge is 0.169 e. The third-order valence-corrected chi connectivity index (χ3v) is 13.2. The number of aromatic nitrogens is 4. The van der Waals surface area contributed by atoms with E-state index in [1.165, 1.54) is 51.8 Å². The fourth-order valence-corrected chi connectivity index (χ4v) is 10.6. The van der Waals surface area contributed by atoms with E-state index < -0.39 is 0 Å². The highest BCUT2D eigenvalue weighted by atomic mass is 32.1. The van der Waals surface area contributed by atoms with Crippen LogP contribution >= 0.6 is 45.3 Å². The van der Waals surface area contributed by atoms with Crippen molar-refractivity contribution in [1.29, 1.82) is 0 Å². The Kier molecular flexibility index (Phi) is 7.20. The molecule has 8 heteroatoms. The van der Waals surface area contributed by atoms with E-state index in [4.69, 9.17) is 19.9 Å². The lowest BCUT2D eigenvalue weighted by atomic mass is 10.0. The number of benzene rings is 4. The first-order valence-electron chi connectivity index (χ1n) is 16.1. The lowest BCUT2D eigenvalue weighted by Crippen LogP contribution is -1.88. The molecule has 4 nitrogen and oxygen atoms in total. The number of thiophene rings is 4. The topological polar surface area (TPSA) is 51.6 Å². The number of fused-ring (bicyclic) bond motifs is 3. The van der Waals surface area contributed by atoms with Crippen LogP contribution in [-0.2, 0) is 0 Å². The van der Waals surface area contributed by atoms with E-state index >= 15 is 0 Å². The van der Waals surface area contributed by atoms with Crippen molar-refractivity contribution >= 4 is 74.9 Å². The number of rotatable bonds is 6. The quantitative estimate of drug-likeness (QED) is 0.172. The molecule has 10 rings (SSSR count). The normalized spacial score (nSPS) is 11.6. The molecule has 0 aliphatic rings. The molecule has 0 bridgehead atoms. The van der Waals surface area contributed by atoms with Gasteiger partial charge < -0.3 is 0 Å².